The predicted molar refractivity (Wildman–Crippen MR) is 84.7 cm³/mol. The van der Waals surface area contributed by atoms with Crippen LogP contribution in [-0.4, -0.2) is 40.7 Å². The van der Waals surface area contributed by atoms with Crippen LogP contribution in [0.4, 0.5) is 0 Å². The summed E-state index contributed by atoms with van der Waals surface area (Å²) in [6.45, 7) is 1.82. The molecule has 0 heterocycles. The van der Waals surface area contributed by atoms with Crippen LogP contribution in [0.15, 0.2) is 24.3 Å². The Morgan fingerprint density at radius 3 is 2.43 bits per heavy atom. The topological polar surface area (TPSA) is 90.6 Å². The maximum Gasteiger partial charge on any atom is 0.327 e. The van der Waals surface area contributed by atoms with Crippen LogP contribution in [0.2, 0.25) is 0 Å². The molecule has 0 saturated heterocycles. The van der Waals surface area contributed by atoms with Gasteiger partial charge in [-0.05, 0) is 24.1 Å². The molecule has 1 amide bonds. The standard InChI is InChI=1S/C16H19ClN2O4/c1-3-4-13(16(21)22)19(17)15(20)14(23-2)9-11-5-7-12(10-18)8-6-11/h5-8,13-14H,3-4,9H2,1-2H3,(H,21,22)/t13-,14+/m1/s1. The van der Waals surface area contributed by atoms with Crippen LogP contribution in [0.3, 0.4) is 0 Å². The van der Waals surface area contributed by atoms with E-state index in [1.165, 1.54) is 7.11 Å². The van der Waals surface area contributed by atoms with Gasteiger partial charge in [-0.3, -0.25) is 4.79 Å². The highest BCUT2D eigenvalue weighted by molar-refractivity contribution is 6.23. The highest BCUT2D eigenvalue weighted by Gasteiger charge is 2.32. The fourth-order valence-corrected chi connectivity index (χ4v) is 2.39. The van der Waals surface area contributed by atoms with Gasteiger partial charge in [-0.15, -0.1) is 0 Å². The number of nitriles is 1. The largest absolute Gasteiger partial charge is 0.480 e. The average molecular weight is 339 g/mol. The molecular formula is C16H19ClN2O4. The average Bonchev–Trinajstić information content (AvgIpc) is 2.56. The first kappa shape index (κ1) is 18.9. The number of carbonyl (C=O) groups excluding carboxylic acids is 1. The van der Waals surface area contributed by atoms with Gasteiger partial charge in [0.15, 0.2) is 0 Å². The molecular weight excluding hydrogens is 320 g/mol. The molecule has 0 unspecified atom stereocenters. The molecule has 1 aromatic rings. The Morgan fingerprint density at radius 1 is 1.39 bits per heavy atom. The van der Waals surface area contributed by atoms with Crippen molar-refractivity contribution in [3.05, 3.63) is 35.4 Å². The zero-order valence-electron chi connectivity index (χ0n) is 13.0. The lowest BCUT2D eigenvalue weighted by Gasteiger charge is -2.25. The number of amides is 1. The third-order valence-electron chi connectivity index (χ3n) is 3.40. The monoisotopic (exact) mass is 338 g/mol. The molecule has 0 fully saturated rings. The fourth-order valence-electron chi connectivity index (χ4n) is 2.10. The molecule has 0 aliphatic heterocycles. The van der Waals surface area contributed by atoms with Crippen molar-refractivity contribution in [3.8, 4) is 6.07 Å². The van der Waals surface area contributed by atoms with Crippen molar-refractivity contribution >= 4 is 23.7 Å². The highest BCUT2D eigenvalue weighted by atomic mass is 35.5. The van der Waals surface area contributed by atoms with Crippen molar-refractivity contribution < 1.29 is 19.4 Å². The van der Waals surface area contributed by atoms with E-state index in [-0.39, 0.29) is 12.8 Å². The molecule has 124 valence electrons. The third-order valence-corrected chi connectivity index (χ3v) is 3.80. The smallest absolute Gasteiger partial charge is 0.327 e. The van der Waals surface area contributed by atoms with Crippen LogP contribution in [0, 0.1) is 11.3 Å². The maximum absolute atomic E-state index is 12.4. The molecule has 0 aliphatic carbocycles. The first-order chi connectivity index (χ1) is 10.9. The van der Waals surface area contributed by atoms with Crippen LogP contribution in [0.25, 0.3) is 0 Å². The summed E-state index contributed by atoms with van der Waals surface area (Å²) >= 11 is 5.94. The number of carboxylic acid groups (broad SMARTS) is 1. The van der Waals surface area contributed by atoms with E-state index >= 15 is 0 Å². The summed E-state index contributed by atoms with van der Waals surface area (Å²) < 4.78 is 5.88. The minimum absolute atomic E-state index is 0.239. The van der Waals surface area contributed by atoms with Gasteiger partial charge in [0.1, 0.15) is 12.1 Å². The lowest BCUT2D eigenvalue weighted by atomic mass is 10.0. The molecule has 0 saturated carbocycles. The lowest BCUT2D eigenvalue weighted by molar-refractivity contribution is -0.150. The minimum Gasteiger partial charge on any atom is -0.480 e. The fraction of sp³-hybridized carbons (Fsp3) is 0.438. The Morgan fingerprint density at radius 2 is 2.00 bits per heavy atom. The molecule has 1 rings (SSSR count). The SMILES string of the molecule is CCC[C@H](C(=O)O)N(Cl)C(=O)[C@H](Cc1ccc(C#N)cc1)OC. The second-order valence-corrected chi connectivity index (χ2v) is 5.39. The van der Waals surface area contributed by atoms with Gasteiger partial charge in [-0.25, -0.2) is 9.21 Å². The summed E-state index contributed by atoms with van der Waals surface area (Å²) in [6, 6.07) is 7.64. The van der Waals surface area contributed by atoms with E-state index in [0.29, 0.717) is 16.4 Å². The van der Waals surface area contributed by atoms with Crippen LogP contribution in [0.5, 0.6) is 0 Å². The quantitative estimate of drug-likeness (QED) is 0.735. The van der Waals surface area contributed by atoms with Crippen LogP contribution in [0.1, 0.15) is 30.9 Å². The van der Waals surface area contributed by atoms with Gasteiger partial charge in [0.2, 0.25) is 0 Å². The third kappa shape index (κ3) is 5.23. The molecule has 0 aliphatic rings. The molecule has 1 N–H and O–H groups in total. The number of methoxy groups -OCH3 is 1. The Bertz CT molecular complexity index is 583. The molecule has 0 radical (unpaired) electrons. The zero-order chi connectivity index (χ0) is 17.4. The summed E-state index contributed by atoms with van der Waals surface area (Å²) in [4.78, 5) is 23.6. The van der Waals surface area contributed by atoms with Gasteiger partial charge >= 0.3 is 5.97 Å². The molecule has 0 spiro atoms. The first-order valence-corrected chi connectivity index (χ1v) is 7.51. The molecule has 0 bridgehead atoms. The van der Waals surface area contributed by atoms with Gasteiger partial charge in [-0.1, -0.05) is 25.5 Å². The zero-order valence-corrected chi connectivity index (χ0v) is 13.8. The van der Waals surface area contributed by atoms with Crippen molar-refractivity contribution in [3.63, 3.8) is 0 Å². The predicted octanol–water partition coefficient (Wildman–Crippen LogP) is 2.35. The van der Waals surface area contributed by atoms with Crippen LogP contribution < -0.4 is 0 Å². The number of carboxylic acids is 1. The number of aliphatic carboxylic acids is 1. The second kappa shape index (κ2) is 9.13. The van der Waals surface area contributed by atoms with Gasteiger partial charge in [-0.2, -0.15) is 5.26 Å². The van der Waals surface area contributed by atoms with Gasteiger partial charge in [0, 0.05) is 25.3 Å². The molecule has 6 nitrogen and oxygen atoms in total. The molecule has 7 heteroatoms. The van der Waals surface area contributed by atoms with Crippen molar-refractivity contribution in [2.75, 3.05) is 7.11 Å². The summed E-state index contributed by atoms with van der Waals surface area (Å²) in [5.74, 6) is -1.75. The Hall–Kier alpha value is -2.10. The highest BCUT2D eigenvalue weighted by Crippen LogP contribution is 2.16. The first-order valence-electron chi connectivity index (χ1n) is 7.18. The number of rotatable bonds is 8. The Balaban J connectivity index is 2.84. The van der Waals surface area contributed by atoms with Crippen molar-refractivity contribution in [1.82, 2.24) is 4.42 Å². The summed E-state index contributed by atoms with van der Waals surface area (Å²) in [5, 5.41) is 17.9. The molecule has 23 heavy (non-hydrogen) atoms. The van der Waals surface area contributed by atoms with E-state index in [1.54, 1.807) is 24.3 Å². The number of benzene rings is 1. The molecule has 1 aromatic carbocycles. The van der Waals surface area contributed by atoms with E-state index in [1.807, 2.05) is 13.0 Å². The number of carbonyl (C=O) groups is 2. The van der Waals surface area contributed by atoms with Gasteiger partial charge in [0.05, 0.1) is 11.6 Å². The van der Waals surface area contributed by atoms with E-state index in [4.69, 9.17) is 21.8 Å². The van der Waals surface area contributed by atoms with Gasteiger partial charge < -0.3 is 9.84 Å². The normalized spacial score (nSPS) is 13.0. The maximum atomic E-state index is 12.4. The van der Waals surface area contributed by atoms with Gasteiger partial charge in [0.25, 0.3) is 5.91 Å². The van der Waals surface area contributed by atoms with E-state index in [0.717, 1.165) is 5.56 Å². The van der Waals surface area contributed by atoms with E-state index in [2.05, 4.69) is 0 Å². The van der Waals surface area contributed by atoms with Crippen molar-refractivity contribution in [1.29, 1.82) is 5.26 Å². The Labute approximate surface area is 140 Å². The van der Waals surface area contributed by atoms with E-state index in [9.17, 15) is 14.7 Å². The summed E-state index contributed by atoms with van der Waals surface area (Å²) in [5.41, 5.74) is 1.30. The number of nitrogens with zero attached hydrogens (tertiary/aromatic N) is 2. The number of halogens is 1. The number of ether oxygens (including phenoxy) is 1. The minimum atomic E-state index is -1.15. The van der Waals surface area contributed by atoms with Crippen LogP contribution in [-0.2, 0) is 20.7 Å². The summed E-state index contributed by atoms with van der Waals surface area (Å²) in [6.07, 6.45) is 0.195. The van der Waals surface area contributed by atoms with Crippen LogP contribution >= 0.6 is 11.8 Å². The lowest BCUT2D eigenvalue weighted by Crippen LogP contribution is -2.44. The number of hydrogen-bond donors (Lipinski definition) is 1. The molecule has 0 aromatic heterocycles. The second-order valence-electron chi connectivity index (χ2n) is 5.03. The summed E-state index contributed by atoms with van der Waals surface area (Å²) in [7, 11) is 1.37. The van der Waals surface area contributed by atoms with E-state index < -0.39 is 24.0 Å². The molecule has 2 atom stereocenters. The number of hydrogen-bond acceptors (Lipinski definition) is 4. The Kier molecular flexibility index (Phi) is 7.52. The van der Waals surface area contributed by atoms with Crippen molar-refractivity contribution in [2.24, 2.45) is 0 Å². The van der Waals surface area contributed by atoms with Crippen molar-refractivity contribution in [2.45, 2.75) is 38.3 Å².